The highest BCUT2D eigenvalue weighted by Crippen LogP contribution is 2.22. The summed E-state index contributed by atoms with van der Waals surface area (Å²) in [5.41, 5.74) is 1.08. The minimum absolute atomic E-state index is 0.190. The third-order valence-electron chi connectivity index (χ3n) is 3.14. The topological polar surface area (TPSA) is 51.7 Å². The van der Waals surface area contributed by atoms with Crippen molar-refractivity contribution in [1.29, 1.82) is 0 Å². The number of aromatic nitrogens is 1. The fourth-order valence-corrected chi connectivity index (χ4v) is 2.05. The molecule has 0 bridgehead atoms. The first kappa shape index (κ1) is 15.8. The van der Waals surface area contributed by atoms with Crippen LogP contribution in [0.1, 0.15) is 15.9 Å². The van der Waals surface area contributed by atoms with Crippen LogP contribution in [0.2, 0.25) is 0 Å². The highest BCUT2D eigenvalue weighted by Gasteiger charge is 2.16. The van der Waals surface area contributed by atoms with Gasteiger partial charge in [0.25, 0.3) is 0 Å². The molecule has 1 heterocycles. The van der Waals surface area contributed by atoms with Crippen LogP contribution >= 0.6 is 0 Å². The molecule has 1 aromatic heterocycles. The zero-order valence-corrected chi connectivity index (χ0v) is 12.7. The molecule has 22 heavy (non-hydrogen) atoms. The SMILES string of the molecule is COC(=O)c1ccc(N(C)Cc2cccc(F)c2)nc1OC. The second-order valence-corrected chi connectivity index (χ2v) is 4.70. The van der Waals surface area contributed by atoms with Crippen molar-refractivity contribution in [3.05, 3.63) is 53.3 Å². The van der Waals surface area contributed by atoms with Crippen LogP contribution in [0.3, 0.4) is 0 Å². The van der Waals surface area contributed by atoms with Gasteiger partial charge in [0.1, 0.15) is 17.2 Å². The van der Waals surface area contributed by atoms with E-state index in [2.05, 4.69) is 9.72 Å². The molecule has 6 heteroatoms. The Kier molecular flexibility index (Phi) is 4.93. The highest BCUT2D eigenvalue weighted by molar-refractivity contribution is 5.92. The van der Waals surface area contributed by atoms with Crippen molar-refractivity contribution in [1.82, 2.24) is 4.98 Å². The van der Waals surface area contributed by atoms with Gasteiger partial charge >= 0.3 is 5.97 Å². The monoisotopic (exact) mass is 304 g/mol. The molecule has 0 aliphatic rings. The molecule has 5 nitrogen and oxygen atoms in total. The summed E-state index contributed by atoms with van der Waals surface area (Å²) in [5, 5.41) is 0. The maximum absolute atomic E-state index is 13.2. The number of rotatable bonds is 5. The smallest absolute Gasteiger partial charge is 0.343 e. The van der Waals surface area contributed by atoms with Crippen LogP contribution in [0.5, 0.6) is 5.88 Å². The van der Waals surface area contributed by atoms with Gasteiger partial charge in [0.2, 0.25) is 5.88 Å². The van der Waals surface area contributed by atoms with Crippen molar-refractivity contribution in [3.63, 3.8) is 0 Å². The van der Waals surface area contributed by atoms with Crippen LogP contribution in [0, 0.1) is 5.82 Å². The summed E-state index contributed by atoms with van der Waals surface area (Å²) in [6.45, 7) is 0.478. The Hall–Kier alpha value is -2.63. The third-order valence-corrected chi connectivity index (χ3v) is 3.14. The van der Waals surface area contributed by atoms with Gasteiger partial charge in [-0.2, -0.15) is 4.98 Å². The molecule has 116 valence electrons. The van der Waals surface area contributed by atoms with Crippen molar-refractivity contribution in [2.45, 2.75) is 6.54 Å². The van der Waals surface area contributed by atoms with E-state index in [0.29, 0.717) is 12.4 Å². The fourth-order valence-electron chi connectivity index (χ4n) is 2.05. The lowest BCUT2D eigenvalue weighted by molar-refractivity contribution is 0.0596. The Morgan fingerprint density at radius 3 is 2.68 bits per heavy atom. The molecule has 0 spiro atoms. The van der Waals surface area contributed by atoms with E-state index < -0.39 is 5.97 Å². The van der Waals surface area contributed by atoms with Gasteiger partial charge in [-0.15, -0.1) is 0 Å². The average Bonchev–Trinajstić information content (AvgIpc) is 2.53. The molecule has 0 amide bonds. The second-order valence-electron chi connectivity index (χ2n) is 4.70. The number of ether oxygens (including phenoxy) is 2. The number of esters is 1. The second kappa shape index (κ2) is 6.89. The number of carbonyl (C=O) groups is 1. The molecule has 0 N–H and O–H groups in total. The lowest BCUT2D eigenvalue weighted by atomic mass is 10.2. The van der Waals surface area contributed by atoms with Crippen molar-refractivity contribution in [2.75, 3.05) is 26.2 Å². The Bertz CT molecular complexity index is 676. The number of hydrogen-bond acceptors (Lipinski definition) is 5. The Labute approximate surface area is 128 Å². The predicted molar refractivity (Wildman–Crippen MR) is 80.6 cm³/mol. The van der Waals surface area contributed by atoms with Crippen molar-refractivity contribution < 1.29 is 18.7 Å². The lowest BCUT2D eigenvalue weighted by Gasteiger charge is -2.19. The molecule has 2 aromatic rings. The van der Waals surface area contributed by atoms with Gasteiger partial charge in [-0.1, -0.05) is 12.1 Å². The molecule has 0 unspecified atom stereocenters. The molecule has 0 fully saturated rings. The summed E-state index contributed by atoms with van der Waals surface area (Å²) in [7, 11) is 4.56. The number of carbonyl (C=O) groups excluding carboxylic acids is 1. The van der Waals surface area contributed by atoms with Gasteiger partial charge in [-0.25, -0.2) is 9.18 Å². The fraction of sp³-hybridized carbons (Fsp3) is 0.250. The quantitative estimate of drug-likeness (QED) is 0.795. The molecule has 0 atom stereocenters. The summed E-state index contributed by atoms with van der Waals surface area (Å²) in [5.74, 6) is 0.00497. The summed E-state index contributed by atoms with van der Waals surface area (Å²) in [6.07, 6.45) is 0. The van der Waals surface area contributed by atoms with E-state index in [0.717, 1.165) is 5.56 Å². The molecule has 0 saturated carbocycles. The number of benzene rings is 1. The van der Waals surface area contributed by atoms with E-state index in [9.17, 15) is 9.18 Å². The maximum atomic E-state index is 13.2. The van der Waals surface area contributed by atoms with Crippen molar-refractivity contribution >= 4 is 11.8 Å². The van der Waals surface area contributed by atoms with Crippen LogP contribution in [0.25, 0.3) is 0 Å². The van der Waals surface area contributed by atoms with E-state index in [1.807, 2.05) is 18.0 Å². The maximum Gasteiger partial charge on any atom is 0.343 e. The number of methoxy groups -OCH3 is 2. The third kappa shape index (κ3) is 3.52. The normalized spacial score (nSPS) is 10.2. The van der Waals surface area contributed by atoms with Gasteiger partial charge in [0.15, 0.2) is 0 Å². The summed E-state index contributed by atoms with van der Waals surface area (Å²) in [6, 6.07) is 9.64. The van der Waals surface area contributed by atoms with Gasteiger partial charge < -0.3 is 14.4 Å². The van der Waals surface area contributed by atoms with Crippen LogP contribution in [0.15, 0.2) is 36.4 Å². The first-order valence-corrected chi connectivity index (χ1v) is 6.64. The molecule has 0 aliphatic carbocycles. The Balaban J connectivity index is 2.23. The van der Waals surface area contributed by atoms with Crippen molar-refractivity contribution in [3.8, 4) is 5.88 Å². The van der Waals surface area contributed by atoms with Crippen LogP contribution in [0.4, 0.5) is 10.2 Å². The summed E-state index contributed by atoms with van der Waals surface area (Å²) < 4.78 is 23.0. The molecule has 1 aromatic carbocycles. The first-order chi connectivity index (χ1) is 10.5. The standard InChI is InChI=1S/C16H17FN2O3/c1-19(10-11-5-4-6-12(17)9-11)14-8-7-13(16(20)22-3)15(18-14)21-2/h4-9H,10H2,1-3H3. The Morgan fingerprint density at radius 1 is 1.27 bits per heavy atom. The van der Waals surface area contributed by atoms with Gasteiger partial charge in [-0.05, 0) is 29.8 Å². The number of halogens is 1. The minimum Gasteiger partial charge on any atom is -0.480 e. The largest absolute Gasteiger partial charge is 0.480 e. The molecule has 2 rings (SSSR count). The highest BCUT2D eigenvalue weighted by atomic mass is 19.1. The average molecular weight is 304 g/mol. The van der Waals surface area contributed by atoms with Crippen molar-refractivity contribution in [2.24, 2.45) is 0 Å². The predicted octanol–water partition coefficient (Wildman–Crippen LogP) is 2.65. The molecular weight excluding hydrogens is 287 g/mol. The van der Waals surface area contributed by atoms with Gasteiger partial charge in [-0.3, -0.25) is 0 Å². The van der Waals surface area contributed by atoms with E-state index >= 15 is 0 Å². The van der Waals surface area contributed by atoms with E-state index in [1.165, 1.54) is 26.4 Å². The van der Waals surface area contributed by atoms with Gasteiger partial charge in [0.05, 0.1) is 14.2 Å². The minimum atomic E-state index is -0.510. The van der Waals surface area contributed by atoms with Crippen LogP contribution in [-0.2, 0) is 11.3 Å². The molecular formula is C16H17FN2O3. The zero-order chi connectivity index (χ0) is 16.1. The Morgan fingerprint density at radius 2 is 2.05 bits per heavy atom. The molecule has 0 saturated heterocycles. The van der Waals surface area contributed by atoms with Crippen LogP contribution in [-0.4, -0.2) is 32.2 Å². The number of anilines is 1. The summed E-state index contributed by atoms with van der Waals surface area (Å²) >= 11 is 0. The van der Waals surface area contributed by atoms with E-state index in [-0.39, 0.29) is 17.3 Å². The molecule has 0 radical (unpaired) electrons. The van der Waals surface area contributed by atoms with E-state index in [1.54, 1.807) is 18.2 Å². The van der Waals surface area contributed by atoms with E-state index in [4.69, 9.17) is 4.74 Å². The van der Waals surface area contributed by atoms with Crippen LogP contribution < -0.4 is 9.64 Å². The lowest BCUT2D eigenvalue weighted by Crippen LogP contribution is -2.18. The zero-order valence-electron chi connectivity index (χ0n) is 12.7. The number of hydrogen-bond donors (Lipinski definition) is 0. The number of nitrogens with zero attached hydrogens (tertiary/aromatic N) is 2. The molecule has 0 aliphatic heterocycles. The number of pyridine rings is 1. The first-order valence-electron chi connectivity index (χ1n) is 6.64. The van der Waals surface area contributed by atoms with Gasteiger partial charge in [0, 0.05) is 13.6 Å². The summed E-state index contributed by atoms with van der Waals surface area (Å²) in [4.78, 5) is 17.7.